The predicted octanol–water partition coefficient (Wildman–Crippen LogP) is 1.09. The fourth-order valence-electron chi connectivity index (χ4n) is 0. The second kappa shape index (κ2) is 68.4. The van der Waals surface area contributed by atoms with Crippen LogP contribution in [0.25, 0.3) is 0 Å². The molecule has 0 bridgehead atoms. The highest BCUT2D eigenvalue weighted by molar-refractivity contribution is 5.10. The first kappa shape index (κ1) is 9.38. The topological polar surface area (TPSA) is 17.1 Å². The highest BCUT2D eigenvalue weighted by Crippen LogP contribution is 1.14. The van der Waals surface area contributed by atoms with E-state index in [2.05, 4.69) is 0 Å². The summed E-state index contributed by atoms with van der Waals surface area (Å²) in [4.78, 5) is 8.00. The SMILES string of the molecule is C=O.CC.[3HH]. The van der Waals surface area contributed by atoms with Crippen molar-refractivity contribution < 1.29 is 6.22 Å². The van der Waals surface area contributed by atoms with Crippen molar-refractivity contribution in [2.75, 3.05) is 0 Å². The fourth-order valence-corrected chi connectivity index (χ4v) is 0. The van der Waals surface area contributed by atoms with Gasteiger partial charge in [-0.05, 0) is 0 Å². The van der Waals surface area contributed by atoms with Crippen molar-refractivity contribution in [1.82, 2.24) is 0 Å². The van der Waals surface area contributed by atoms with Crippen LogP contribution in [0.2, 0.25) is 0 Å². The van der Waals surface area contributed by atoms with Crippen molar-refractivity contribution in [2.45, 2.75) is 13.8 Å². The van der Waals surface area contributed by atoms with Gasteiger partial charge in [0.05, 0.1) is 0 Å². The first-order valence-corrected chi connectivity index (χ1v) is 1.29. The Kier molecular flexibility index (Phi) is 160. The Balaban J connectivity index is -0.0000000133. The second-order valence-corrected chi connectivity index (χ2v) is 0. The van der Waals surface area contributed by atoms with E-state index in [1.807, 2.05) is 20.6 Å². The average Bonchev–Trinajstić information content (AvgIpc) is 1.50. The Bertz CT molecular complexity index is 6.85. The van der Waals surface area contributed by atoms with Crippen molar-refractivity contribution >= 4 is 6.79 Å². The van der Waals surface area contributed by atoms with Gasteiger partial charge in [0.1, 0.15) is 6.79 Å². The zero-order valence-corrected chi connectivity index (χ0v) is 3.12. The lowest BCUT2D eigenvalue weighted by Crippen LogP contribution is -0.925. The molecule has 0 saturated carbocycles. The summed E-state index contributed by atoms with van der Waals surface area (Å²) in [5, 5.41) is 0. The van der Waals surface area contributed by atoms with Crippen LogP contribution in [0.4, 0.5) is 0 Å². The molecule has 0 aromatic heterocycles. The van der Waals surface area contributed by atoms with Crippen LogP contribution in [-0.4, -0.2) is 6.79 Å². The van der Waals surface area contributed by atoms with E-state index in [1.54, 1.807) is 0 Å². The molecule has 0 amide bonds. The lowest BCUT2D eigenvalue weighted by molar-refractivity contribution is -0.0979. The molecule has 4 heavy (non-hydrogen) atoms. The van der Waals surface area contributed by atoms with Gasteiger partial charge in [0.15, 0.2) is 0 Å². The molecule has 0 radical (unpaired) electrons. The molecule has 0 aromatic rings. The molecule has 0 aliphatic rings. The average molecular weight is 64.1 g/mol. The maximum atomic E-state index is 8.00. The van der Waals surface area contributed by atoms with E-state index in [1.165, 1.54) is 0 Å². The normalized spacial score (nSPS) is 2.50. The number of hydrogen-bond donors (Lipinski definition) is 0. The fraction of sp³-hybridized carbons (Fsp3) is 0.667. The van der Waals surface area contributed by atoms with Gasteiger partial charge < -0.3 is 4.79 Å². The van der Waals surface area contributed by atoms with Crippen molar-refractivity contribution in [3.63, 3.8) is 0 Å². The summed E-state index contributed by atoms with van der Waals surface area (Å²) in [6, 6.07) is 0. The van der Waals surface area contributed by atoms with E-state index in [-0.39, 0.29) is 1.43 Å². The van der Waals surface area contributed by atoms with Crippen LogP contribution in [0.15, 0.2) is 0 Å². The van der Waals surface area contributed by atoms with E-state index in [0.29, 0.717) is 0 Å². The van der Waals surface area contributed by atoms with Crippen LogP contribution in [0.1, 0.15) is 15.3 Å². The molecule has 0 aromatic carbocycles. The molecule has 0 fully saturated rings. The summed E-state index contributed by atoms with van der Waals surface area (Å²) in [6.45, 7) is 6.00. The standard InChI is InChI=1S/C2H6.CH2O.H2/c2*1-2;/h1-2H3;1H2;1H/i;;1+2. The molecule has 0 N–H and O–H groups in total. The molecule has 28 valence electrons. The minimum absolute atomic E-state index is 0. The van der Waals surface area contributed by atoms with Gasteiger partial charge in [-0.2, -0.15) is 0 Å². The van der Waals surface area contributed by atoms with Crippen molar-refractivity contribution in [1.29, 1.82) is 0 Å². The Morgan fingerprint density at radius 2 is 1.50 bits per heavy atom. The monoisotopic (exact) mass is 64.1 g/mol. The summed E-state index contributed by atoms with van der Waals surface area (Å²) in [6.07, 6.45) is 0. The molecule has 0 atom stereocenters. The van der Waals surface area contributed by atoms with E-state index in [0.717, 1.165) is 0 Å². The van der Waals surface area contributed by atoms with Crippen LogP contribution in [0.3, 0.4) is 0 Å². The maximum absolute atomic E-state index is 8.00. The lowest BCUT2D eigenvalue weighted by Gasteiger charge is -1.07. The molecular formula is C3H10O. The minimum atomic E-state index is 0. The van der Waals surface area contributed by atoms with Gasteiger partial charge in [0, 0.05) is 1.43 Å². The smallest absolute Gasteiger partial charge is 0.106 e. The van der Waals surface area contributed by atoms with Gasteiger partial charge in [-0.1, -0.05) is 13.8 Å². The van der Waals surface area contributed by atoms with E-state index in [9.17, 15) is 0 Å². The molecule has 0 aliphatic heterocycles. The van der Waals surface area contributed by atoms with Crippen LogP contribution in [-0.2, 0) is 4.79 Å². The van der Waals surface area contributed by atoms with Crippen LogP contribution >= 0.6 is 0 Å². The molecule has 0 spiro atoms. The molecule has 0 aliphatic carbocycles. The first-order valence-electron chi connectivity index (χ1n) is 1.29. The summed E-state index contributed by atoms with van der Waals surface area (Å²) in [5.41, 5.74) is 0. The lowest BCUT2D eigenvalue weighted by atomic mass is 11.0. The van der Waals surface area contributed by atoms with Crippen molar-refractivity contribution in [3.8, 4) is 0 Å². The quantitative estimate of drug-likeness (QED) is 0.412. The van der Waals surface area contributed by atoms with Gasteiger partial charge in [0.25, 0.3) is 0 Å². The maximum Gasteiger partial charge on any atom is 0.106 e. The summed E-state index contributed by atoms with van der Waals surface area (Å²) >= 11 is 0. The Labute approximate surface area is 28.1 Å². The van der Waals surface area contributed by atoms with Gasteiger partial charge in [-0.25, -0.2) is 0 Å². The largest absolute Gasteiger partial charge is 0.307 e. The van der Waals surface area contributed by atoms with Crippen LogP contribution in [0.5, 0.6) is 0 Å². The zero-order chi connectivity index (χ0) is 4.00. The third-order valence-corrected chi connectivity index (χ3v) is 0. The predicted molar refractivity (Wildman–Crippen MR) is 20.6 cm³/mol. The van der Waals surface area contributed by atoms with E-state index in [4.69, 9.17) is 4.79 Å². The molecule has 1 nitrogen and oxygen atoms in total. The number of carbonyl (C=O) groups is 1. The summed E-state index contributed by atoms with van der Waals surface area (Å²) < 4.78 is 0. The first-order chi connectivity index (χ1) is 2.00. The second-order valence-electron chi connectivity index (χ2n) is 0. The summed E-state index contributed by atoms with van der Waals surface area (Å²) in [7, 11) is 0. The zero-order valence-electron chi connectivity index (χ0n) is 3.12. The summed E-state index contributed by atoms with van der Waals surface area (Å²) in [5.74, 6) is 0. The number of rotatable bonds is 0. The van der Waals surface area contributed by atoms with Crippen molar-refractivity contribution in [3.05, 3.63) is 0 Å². The number of carbonyl (C=O) groups excluding carboxylic acids is 1. The van der Waals surface area contributed by atoms with Gasteiger partial charge >= 0.3 is 0 Å². The highest BCUT2D eigenvalue weighted by atomic mass is 16.1. The van der Waals surface area contributed by atoms with Gasteiger partial charge in [-0.15, -0.1) is 0 Å². The molecule has 0 rings (SSSR count). The third-order valence-electron chi connectivity index (χ3n) is 0. The highest BCUT2D eigenvalue weighted by Gasteiger charge is 0.932. The Morgan fingerprint density at radius 3 is 1.50 bits per heavy atom. The van der Waals surface area contributed by atoms with Gasteiger partial charge in [0.2, 0.25) is 0 Å². The molecule has 0 unspecified atom stereocenters. The van der Waals surface area contributed by atoms with Crippen LogP contribution in [0, 0.1) is 0 Å². The van der Waals surface area contributed by atoms with Gasteiger partial charge in [-0.3, -0.25) is 0 Å². The third kappa shape index (κ3) is 6.88. The van der Waals surface area contributed by atoms with E-state index < -0.39 is 0 Å². The minimum Gasteiger partial charge on any atom is -0.307 e. The molecule has 0 heterocycles. The Morgan fingerprint density at radius 1 is 1.50 bits per heavy atom. The Hall–Kier alpha value is -0.330. The van der Waals surface area contributed by atoms with Crippen LogP contribution < -0.4 is 0 Å². The van der Waals surface area contributed by atoms with E-state index >= 15 is 0 Å². The van der Waals surface area contributed by atoms with Crippen molar-refractivity contribution in [2.24, 2.45) is 0 Å². The molecular weight excluding hydrogens is 52.0 g/mol. The number of hydrogen-bond acceptors (Lipinski definition) is 1. The molecule has 0 saturated heterocycles. The molecule has 1 heteroatoms.